The van der Waals surface area contributed by atoms with Crippen LogP contribution in [0.3, 0.4) is 0 Å². The summed E-state index contributed by atoms with van der Waals surface area (Å²) in [6.45, 7) is 0. The van der Waals surface area contributed by atoms with Crippen LogP contribution >= 0.6 is 39.8 Å². The van der Waals surface area contributed by atoms with Gasteiger partial charge in [0.15, 0.2) is 0 Å². The molecule has 0 heterocycles. The van der Waals surface area contributed by atoms with Crippen LogP contribution in [0.25, 0.3) is 0 Å². The van der Waals surface area contributed by atoms with Crippen LogP contribution in [0.2, 0.25) is 10.0 Å². The third-order valence-corrected chi connectivity index (χ3v) is 15.5. The second-order valence-corrected chi connectivity index (χ2v) is 16.7. The quantitative estimate of drug-likeness (QED) is 0.522. The zero-order chi connectivity index (χ0) is 12.1. The van der Waals surface area contributed by atoms with E-state index < -0.39 is 21.2 Å². The van der Waals surface area contributed by atoms with Gasteiger partial charge >= 0.3 is 129 Å². The van der Waals surface area contributed by atoms with Crippen LogP contribution in [0.4, 0.5) is 0 Å². The monoisotopic (exact) mass is 494 g/mol. The molecule has 0 aliphatic carbocycles. The molecule has 86 valence electrons. The fraction of sp³-hybridized carbons (Fsp3) is 0. The average Bonchev–Trinajstić information content (AvgIpc) is 2.34. The van der Waals surface area contributed by atoms with Gasteiger partial charge in [-0.2, -0.15) is 0 Å². The number of hydrogen-bond acceptors (Lipinski definition) is 2. The van der Waals surface area contributed by atoms with E-state index in [0.29, 0.717) is 0 Å². The van der Waals surface area contributed by atoms with Gasteiger partial charge in [0.25, 0.3) is 0 Å². The summed E-state index contributed by atoms with van der Waals surface area (Å²) in [6.07, 6.45) is 0. The Morgan fingerprint density at radius 2 is 1.00 bits per heavy atom. The number of benzene rings is 2. The molecule has 2 aromatic rings. The van der Waals surface area contributed by atoms with Gasteiger partial charge < -0.3 is 0 Å². The second kappa shape index (κ2) is 7.28. The van der Waals surface area contributed by atoms with Crippen molar-refractivity contribution >= 4 is 61.1 Å². The van der Waals surface area contributed by atoms with Crippen molar-refractivity contribution in [3.63, 3.8) is 0 Å². The summed E-state index contributed by atoms with van der Waals surface area (Å²) in [5.41, 5.74) is 0. The van der Waals surface area contributed by atoms with Gasteiger partial charge in [-0.15, -0.1) is 0 Å². The predicted molar refractivity (Wildman–Crippen MR) is 80.4 cm³/mol. The first-order valence-electron chi connectivity index (χ1n) is 4.84. The van der Waals surface area contributed by atoms with Crippen molar-refractivity contribution in [3.05, 3.63) is 58.6 Å². The summed E-state index contributed by atoms with van der Waals surface area (Å²) >= 11 is 10.9. The molecule has 5 heteroatoms. The second-order valence-electron chi connectivity index (χ2n) is 3.20. The summed E-state index contributed by atoms with van der Waals surface area (Å²) in [4.78, 5) is 2.64. The molecule has 0 amide bonds. The van der Waals surface area contributed by atoms with Crippen LogP contribution in [0.5, 0.6) is 0 Å². The first-order chi connectivity index (χ1) is 8.24. The number of hydrogen-bond donors (Lipinski definition) is 0. The molecule has 0 saturated carbocycles. The van der Waals surface area contributed by atoms with Gasteiger partial charge in [0.2, 0.25) is 0 Å². The van der Waals surface area contributed by atoms with E-state index in [1.807, 2.05) is 40.9 Å². The molecule has 0 nitrogen and oxygen atoms in total. The molecule has 0 N–H and O–H groups in total. The normalized spacial score (nSPS) is 10.5. The maximum atomic E-state index is 5.85. The summed E-state index contributed by atoms with van der Waals surface area (Å²) in [6, 6.07) is 16.1. The zero-order valence-corrected chi connectivity index (χ0v) is 15.7. The van der Waals surface area contributed by atoms with Gasteiger partial charge in [0.05, 0.1) is 0 Å². The molecule has 0 aliphatic rings. The van der Waals surface area contributed by atoms with Crippen LogP contribution in [0.1, 0.15) is 0 Å². The van der Waals surface area contributed by atoms with Crippen molar-refractivity contribution in [1.82, 2.24) is 0 Å². The third-order valence-electron chi connectivity index (χ3n) is 1.95. The molecular weight excluding hydrogens is 486 g/mol. The Morgan fingerprint density at radius 1 is 0.647 bits per heavy atom. The molecule has 2 radical (unpaired) electrons. The Balaban J connectivity index is 1.83. The number of rotatable bonds is 4. The average molecular weight is 494 g/mol. The summed E-state index contributed by atoms with van der Waals surface area (Å²) in [5, 5.41) is 1.60. The van der Waals surface area contributed by atoms with Gasteiger partial charge in [0, 0.05) is 0 Å². The molecule has 0 spiro atoms. The molecule has 0 aliphatic heterocycles. The van der Waals surface area contributed by atoms with E-state index >= 15 is 0 Å². The van der Waals surface area contributed by atoms with Crippen LogP contribution < -0.4 is 0 Å². The van der Waals surface area contributed by atoms with E-state index in [9.17, 15) is 0 Å². The molecule has 2 aromatic carbocycles. The van der Waals surface area contributed by atoms with Gasteiger partial charge in [-0.1, -0.05) is 0 Å². The summed E-state index contributed by atoms with van der Waals surface area (Å²) < 4.78 is 0. The standard InChI is InChI=1S/2C6H5ClS.Pb/c2*7-5-1-3-6(8)4-2-5;/h2*1-4,8H;/q;;+2/p-2. The first kappa shape index (κ1) is 14.1. The molecular formula is C12H8Cl2PbS2. The summed E-state index contributed by atoms with van der Waals surface area (Å²) in [5.74, 6) is 0. The minimum absolute atomic E-state index is 0.758. The van der Waals surface area contributed by atoms with Crippen molar-refractivity contribution < 1.29 is 0 Å². The fourth-order valence-corrected chi connectivity index (χ4v) is 14.2. The van der Waals surface area contributed by atoms with Crippen LogP contribution in [0, 0.1) is 0 Å². The molecule has 0 unspecified atom stereocenters. The van der Waals surface area contributed by atoms with E-state index in [4.69, 9.17) is 23.2 Å². The number of halogens is 2. The first-order valence-corrected chi connectivity index (χ1v) is 16.7. The van der Waals surface area contributed by atoms with Gasteiger partial charge in [-0.3, -0.25) is 0 Å². The summed E-state index contributed by atoms with van der Waals surface area (Å²) in [7, 11) is 3.99. The molecule has 0 bridgehead atoms. The van der Waals surface area contributed by atoms with E-state index in [-0.39, 0.29) is 0 Å². The Kier molecular flexibility index (Phi) is 6.02. The van der Waals surface area contributed by atoms with E-state index in [0.717, 1.165) is 10.0 Å². The molecule has 17 heavy (non-hydrogen) atoms. The predicted octanol–water partition coefficient (Wildman–Crippen LogP) is 5.41. The van der Waals surface area contributed by atoms with E-state index in [2.05, 4.69) is 24.3 Å². The van der Waals surface area contributed by atoms with E-state index in [1.54, 1.807) is 0 Å². The molecule has 0 saturated heterocycles. The topological polar surface area (TPSA) is 0 Å². The van der Waals surface area contributed by atoms with Crippen molar-refractivity contribution in [2.45, 2.75) is 9.79 Å². The maximum absolute atomic E-state index is 5.85. The molecule has 0 atom stereocenters. The molecule has 2 rings (SSSR count). The van der Waals surface area contributed by atoms with Gasteiger partial charge in [0.1, 0.15) is 0 Å². The zero-order valence-electron chi connectivity index (χ0n) is 8.69. The van der Waals surface area contributed by atoms with Gasteiger partial charge in [-0.25, -0.2) is 0 Å². The van der Waals surface area contributed by atoms with Crippen molar-refractivity contribution in [1.29, 1.82) is 0 Å². The van der Waals surface area contributed by atoms with Crippen LogP contribution in [0.15, 0.2) is 58.3 Å². The van der Waals surface area contributed by atoms with Crippen molar-refractivity contribution in [3.8, 4) is 0 Å². The molecule has 0 fully saturated rings. The SMILES string of the molecule is Clc1ccc([S][Pb][S]c2ccc(Cl)cc2)cc1. The molecule has 0 aromatic heterocycles. The Bertz CT molecular complexity index is 425. The van der Waals surface area contributed by atoms with Crippen molar-refractivity contribution in [2.24, 2.45) is 0 Å². The van der Waals surface area contributed by atoms with Crippen LogP contribution in [-0.4, -0.2) is 21.2 Å². The Labute approximate surface area is 128 Å². The Morgan fingerprint density at radius 3 is 1.35 bits per heavy atom. The third kappa shape index (κ3) is 5.03. The van der Waals surface area contributed by atoms with Gasteiger partial charge in [-0.05, 0) is 0 Å². The minimum atomic E-state index is -0.758. The van der Waals surface area contributed by atoms with Crippen LogP contribution in [-0.2, 0) is 0 Å². The van der Waals surface area contributed by atoms with Crippen molar-refractivity contribution in [2.75, 3.05) is 0 Å². The van der Waals surface area contributed by atoms with E-state index in [1.165, 1.54) is 9.79 Å². The Hall–Kier alpha value is 0.642. The fourth-order valence-electron chi connectivity index (χ4n) is 1.12.